The van der Waals surface area contributed by atoms with Gasteiger partial charge in [0, 0.05) is 5.56 Å². The van der Waals surface area contributed by atoms with Gasteiger partial charge in [0.05, 0.1) is 5.69 Å². The molecule has 0 fully saturated rings. The van der Waals surface area contributed by atoms with Crippen LogP contribution in [-0.2, 0) is 0 Å². The van der Waals surface area contributed by atoms with E-state index in [2.05, 4.69) is 10.5 Å². The molecule has 0 atom stereocenters. The van der Waals surface area contributed by atoms with Crippen LogP contribution in [0.25, 0.3) is 0 Å². The molecule has 0 aliphatic rings. The van der Waals surface area contributed by atoms with E-state index in [9.17, 15) is 9.90 Å². The van der Waals surface area contributed by atoms with Crippen molar-refractivity contribution in [1.29, 1.82) is 10.5 Å². The number of carbonyl (C=O) groups is 1. The highest BCUT2D eigenvalue weighted by molar-refractivity contribution is 6.10. The van der Waals surface area contributed by atoms with Gasteiger partial charge in [-0.2, -0.15) is 15.6 Å². The summed E-state index contributed by atoms with van der Waals surface area (Å²) in [6.45, 7) is 1.33. The third-order valence-corrected chi connectivity index (χ3v) is 1.88. The van der Waals surface area contributed by atoms with Gasteiger partial charge in [-0.25, -0.2) is 0 Å². The van der Waals surface area contributed by atoms with Gasteiger partial charge in [-0.15, -0.1) is 0 Å². The van der Waals surface area contributed by atoms with Gasteiger partial charge in [0.1, 0.15) is 17.9 Å². The molecule has 1 aromatic carbocycles. The number of hydrogen-bond acceptors (Lipinski definition) is 6. The summed E-state index contributed by atoms with van der Waals surface area (Å²) < 4.78 is 0. The monoisotopic (exact) mass is 228 g/mol. The van der Waals surface area contributed by atoms with E-state index in [1.807, 2.05) is 0 Å². The molecule has 6 nitrogen and oxygen atoms in total. The van der Waals surface area contributed by atoms with Crippen molar-refractivity contribution in [2.75, 3.05) is 5.43 Å². The summed E-state index contributed by atoms with van der Waals surface area (Å²) in [6, 6.07) is 7.22. The van der Waals surface area contributed by atoms with Gasteiger partial charge in [-0.1, -0.05) is 0 Å². The topological polar surface area (TPSA) is 109 Å². The number of rotatable bonds is 3. The lowest BCUT2D eigenvalue weighted by Crippen LogP contribution is -2.02. The number of hydrogen-bond donors (Lipinski definition) is 2. The number of hydrazone groups is 1. The lowest BCUT2D eigenvalue weighted by molar-refractivity contribution is 0.101. The molecule has 1 aromatic rings. The number of nitrogens with zero attached hydrogens (tertiary/aromatic N) is 3. The zero-order valence-electron chi connectivity index (χ0n) is 8.93. The molecule has 0 bridgehead atoms. The molecular formula is C11H8N4O2. The fourth-order valence-electron chi connectivity index (χ4n) is 1.11. The summed E-state index contributed by atoms with van der Waals surface area (Å²) in [5, 5.41) is 29.7. The van der Waals surface area contributed by atoms with Crippen LogP contribution in [0, 0.1) is 22.7 Å². The van der Waals surface area contributed by atoms with Gasteiger partial charge in [0.25, 0.3) is 0 Å². The van der Waals surface area contributed by atoms with E-state index in [1.54, 1.807) is 12.1 Å². The largest absolute Gasteiger partial charge is 0.508 e. The third kappa shape index (κ3) is 3.05. The number of aromatic hydroxyl groups is 1. The van der Waals surface area contributed by atoms with Crippen LogP contribution >= 0.6 is 0 Å². The molecule has 0 saturated heterocycles. The quantitative estimate of drug-likeness (QED) is 0.352. The molecule has 0 amide bonds. The maximum atomic E-state index is 11.3. The van der Waals surface area contributed by atoms with E-state index in [-0.39, 0.29) is 22.8 Å². The maximum Gasteiger partial charge on any atom is 0.237 e. The van der Waals surface area contributed by atoms with Gasteiger partial charge >= 0.3 is 0 Å². The Kier molecular flexibility index (Phi) is 3.80. The van der Waals surface area contributed by atoms with Gasteiger partial charge in [-0.05, 0) is 25.1 Å². The number of Topliss-reactive ketones (excluding diaryl/α,β-unsaturated/α-hetero) is 1. The van der Waals surface area contributed by atoms with E-state index in [0.29, 0.717) is 5.69 Å². The van der Waals surface area contributed by atoms with Crippen molar-refractivity contribution < 1.29 is 9.90 Å². The van der Waals surface area contributed by atoms with Crippen molar-refractivity contribution in [3.63, 3.8) is 0 Å². The minimum absolute atomic E-state index is 0.0504. The Morgan fingerprint density at radius 1 is 1.41 bits per heavy atom. The first kappa shape index (κ1) is 12.2. The second-order valence-electron chi connectivity index (χ2n) is 3.08. The van der Waals surface area contributed by atoms with Crippen LogP contribution in [0.4, 0.5) is 5.69 Å². The zero-order valence-corrected chi connectivity index (χ0v) is 8.93. The summed E-state index contributed by atoms with van der Waals surface area (Å²) in [5.74, 6) is -0.320. The molecule has 0 radical (unpaired) electrons. The van der Waals surface area contributed by atoms with Crippen molar-refractivity contribution in [2.45, 2.75) is 6.92 Å². The number of nitrogens with one attached hydrogen (secondary N) is 1. The molecule has 0 aliphatic carbocycles. The Labute approximate surface area is 97.4 Å². The molecule has 6 heteroatoms. The van der Waals surface area contributed by atoms with Crippen LogP contribution in [0.15, 0.2) is 23.3 Å². The van der Waals surface area contributed by atoms with Gasteiger partial charge in [0.2, 0.25) is 5.71 Å². The van der Waals surface area contributed by atoms with E-state index >= 15 is 0 Å². The van der Waals surface area contributed by atoms with Crippen LogP contribution in [-0.4, -0.2) is 16.6 Å². The second-order valence-corrected chi connectivity index (χ2v) is 3.08. The average molecular weight is 228 g/mol. The first-order chi connectivity index (χ1) is 8.08. The lowest BCUT2D eigenvalue weighted by Gasteiger charge is -2.06. The molecule has 0 saturated carbocycles. The molecule has 17 heavy (non-hydrogen) atoms. The molecular weight excluding hydrogens is 220 g/mol. The first-order valence-electron chi connectivity index (χ1n) is 4.56. The predicted molar refractivity (Wildman–Crippen MR) is 60.4 cm³/mol. The molecule has 0 spiro atoms. The minimum Gasteiger partial charge on any atom is -0.508 e. The molecule has 1 rings (SSSR count). The highest BCUT2D eigenvalue weighted by Gasteiger charge is 2.08. The summed E-state index contributed by atoms with van der Waals surface area (Å²) in [5.41, 5.74) is 2.62. The Bertz CT molecular complexity index is 548. The highest BCUT2D eigenvalue weighted by atomic mass is 16.3. The average Bonchev–Trinajstić information content (AvgIpc) is 2.31. The summed E-state index contributed by atoms with van der Waals surface area (Å²) >= 11 is 0. The minimum atomic E-state index is -0.354. The Morgan fingerprint density at radius 3 is 2.59 bits per heavy atom. The van der Waals surface area contributed by atoms with Crippen LogP contribution in [0.5, 0.6) is 5.75 Å². The summed E-state index contributed by atoms with van der Waals surface area (Å²) in [6.07, 6.45) is 0. The number of benzene rings is 1. The fourth-order valence-corrected chi connectivity index (χ4v) is 1.11. The smallest absolute Gasteiger partial charge is 0.237 e. The SMILES string of the molecule is CC(=O)c1cc(O)ccc1NN=C(C#N)C#N. The van der Waals surface area contributed by atoms with E-state index < -0.39 is 0 Å². The zero-order chi connectivity index (χ0) is 12.8. The summed E-state index contributed by atoms with van der Waals surface area (Å²) in [4.78, 5) is 11.3. The maximum absolute atomic E-state index is 11.3. The number of carbonyl (C=O) groups excluding carboxylic acids is 1. The number of anilines is 1. The first-order valence-corrected chi connectivity index (χ1v) is 4.56. The van der Waals surface area contributed by atoms with Crippen molar-refractivity contribution in [2.24, 2.45) is 5.10 Å². The molecule has 0 aliphatic heterocycles. The number of ketones is 1. The van der Waals surface area contributed by atoms with Crippen LogP contribution < -0.4 is 5.43 Å². The molecule has 84 valence electrons. The van der Waals surface area contributed by atoms with Crippen molar-refractivity contribution in [3.05, 3.63) is 23.8 Å². The molecule has 0 aromatic heterocycles. The number of phenolic OH excluding ortho intramolecular Hbond substituents is 1. The standard InChI is InChI=1S/C11H8N4O2/c1-7(16)10-4-9(17)2-3-11(10)15-14-8(5-12)6-13/h2-4,15,17H,1H3. The van der Waals surface area contributed by atoms with Crippen molar-refractivity contribution >= 4 is 17.2 Å². The van der Waals surface area contributed by atoms with Crippen LogP contribution in [0.2, 0.25) is 0 Å². The van der Waals surface area contributed by atoms with E-state index in [1.165, 1.54) is 25.1 Å². The normalized spacial score (nSPS) is 8.65. The van der Waals surface area contributed by atoms with Crippen molar-refractivity contribution in [3.8, 4) is 17.9 Å². The van der Waals surface area contributed by atoms with Crippen LogP contribution in [0.3, 0.4) is 0 Å². The number of phenols is 1. The molecule has 0 unspecified atom stereocenters. The Morgan fingerprint density at radius 2 is 2.06 bits per heavy atom. The summed E-state index contributed by atoms with van der Waals surface area (Å²) in [7, 11) is 0. The van der Waals surface area contributed by atoms with Gasteiger partial charge in [0.15, 0.2) is 5.78 Å². The second kappa shape index (κ2) is 5.29. The van der Waals surface area contributed by atoms with Gasteiger partial charge in [-0.3, -0.25) is 10.2 Å². The molecule has 2 N–H and O–H groups in total. The van der Waals surface area contributed by atoms with Crippen LogP contribution in [0.1, 0.15) is 17.3 Å². The fraction of sp³-hybridized carbons (Fsp3) is 0.0909. The highest BCUT2D eigenvalue weighted by Crippen LogP contribution is 2.21. The number of nitriles is 2. The predicted octanol–water partition coefficient (Wildman–Crippen LogP) is 1.41. The Balaban J connectivity index is 3.09. The van der Waals surface area contributed by atoms with E-state index in [0.717, 1.165) is 0 Å². The van der Waals surface area contributed by atoms with Gasteiger partial charge < -0.3 is 5.11 Å². The van der Waals surface area contributed by atoms with Crippen molar-refractivity contribution in [1.82, 2.24) is 0 Å². The van der Waals surface area contributed by atoms with E-state index in [4.69, 9.17) is 10.5 Å². The lowest BCUT2D eigenvalue weighted by atomic mass is 10.1. The Hall–Kier alpha value is -2.86. The third-order valence-electron chi connectivity index (χ3n) is 1.88. The molecule has 0 heterocycles.